The second kappa shape index (κ2) is 10.2. The summed E-state index contributed by atoms with van der Waals surface area (Å²) in [5, 5.41) is 3.87. The molecule has 0 spiro atoms. The van der Waals surface area contributed by atoms with Gasteiger partial charge in [0, 0.05) is 25.4 Å². The van der Waals surface area contributed by atoms with E-state index in [-0.39, 0.29) is 5.63 Å². The van der Waals surface area contributed by atoms with Crippen molar-refractivity contribution in [3.63, 3.8) is 0 Å². The van der Waals surface area contributed by atoms with Crippen LogP contribution >= 0.6 is 22.7 Å². The maximum atomic E-state index is 13.0. The summed E-state index contributed by atoms with van der Waals surface area (Å²) in [6.45, 7) is 3.95. The van der Waals surface area contributed by atoms with Crippen molar-refractivity contribution in [2.45, 2.75) is 13.8 Å². The Bertz CT molecular complexity index is 2520. The predicted octanol–water partition coefficient (Wildman–Crippen LogP) is 9.25. The van der Waals surface area contributed by atoms with Gasteiger partial charge in [0.05, 0.1) is 39.8 Å². The van der Waals surface area contributed by atoms with E-state index in [2.05, 4.69) is 9.97 Å². The molecule has 44 heavy (non-hydrogen) atoms. The zero-order chi connectivity index (χ0) is 29.9. The highest BCUT2D eigenvalue weighted by molar-refractivity contribution is 7.25. The van der Waals surface area contributed by atoms with Crippen molar-refractivity contribution >= 4 is 55.4 Å². The highest BCUT2D eigenvalue weighted by Gasteiger charge is 2.17. The zero-order valence-corrected chi connectivity index (χ0v) is 25.2. The van der Waals surface area contributed by atoms with Gasteiger partial charge in [0.1, 0.15) is 11.2 Å². The second-order valence-corrected chi connectivity index (χ2v) is 12.8. The molecule has 5 aromatic heterocycles. The van der Waals surface area contributed by atoms with Gasteiger partial charge in [-0.2, -0.15) is 0 Å². The lowest BCUT2D eigenvalue weighted by atomic mass is 10.0. The molecule has 0 N–H and O–H groups in total. The van der Waals surface area contributed by atoms with E-state index in [1.807, 2.05) is 98.8 Å². The summed E-state index contributed by atoms with van der Waals surface area (Å²) in [5.41, 5.74) is 4.46. The molecule has 0 unspecified atom stereocenters. The highest BCUT2D eigenvalue weighted by atomic mass is 32.1. The Balaban J connectivity index is 1.10. The Kier molecular flexibility index (Phi) is 6.14. The Hall–Kier alpha value is -5.18. The number of hydrogen-bond donors (Lipinski definition) is 0. The first-order valence-electron chi connectivity index (χ1n) is 14.0. The van der Waals surface area contributed by atoms with Gasteiger partial charge in [0.15, 0.2) is 0 Å². The standard InChI is InChI=1S/C36H22N2O4S2/c1-19-7-9-22-20(2)34(36(40)42-29(22)15-19)33-14-13-32(44-33)31-12-11-30(43-31)27-18-37-26(17-38-27)25-16-24-23-6-4-3-5-21(23)8-10-28(24)41-35(25)39/h3-18H,1-2H3. The van der Waals surface area contributed by atoms with E-state index in [0.29, 0.717) is 33.7 Å². The molecule has 0 aliphatic heterocycles. The van der Waals surface area contributed by atoms with E-state index in [0.717, 1.165) is 52.2 Å². The van der Waals surface area contributed by atoms with Gasteiger partial charge < -0.3 is 8.83 Å². The Labute approximate surface area is 258 Å². The molecule has 0 atom stereocenters. The maximum Gasteiger partial charge on any atom is 0.345 e. The molecule has 8 aromatic rings. The van der Waals surface area contributed by atoms with Crippen LogP contribution in [0.25, 0.3) is 74.7 Å². The summed E-state index contributed by atoms with van der Waals surface area (Å²) in [6, 6.07) is 27.6. The molecule has 0 amide bonds. The molecule has 212 valence electrons. The van der Waals surface area contributed by atoms with Gasteiger partial charge in [-0.05, 0) is 78.2 Å². The highest BCUT2D eigenvalue weighted by Crippen LogP contribution is 2.40. The summed E-state index contributed by atoms with van der Waals surface area (Å²) < 4.78 is 11.3. The molecule has 0 fully saturated rings. The summed E-state index contributed by atoms with van der Waals surface area (Å²) in [7, 11) is 0. The van der Waals surface area contributed by atoms with Crippen LogP contribution in [0.2, 0.25) is 0 Å². The van der Waals surface area contributed by atoms with Crippen LogP contribution in [-0.2, 0) is 0 Å². The fraction of sp³-hybridized carbons (Fsp3) is 0.0556. The minimum Gasteiger partial charge on any atom is -0.422 e. The summed E-state index contributed by atoms with van der Waals surface area (Å²) >= 11 is 3.15. The average molecular weight is 611 g/mol. The van der Waals surface area contributed by atoms with Crippen LogP contribution in [0.4, 0.5) is 0 Å². The third-order valence-electron chi connectivity index (χ3n) is 7.85. The fourth-order valence-corrected chi connectivity index (χ4v) is 7.76. The topological polar surface area (TPSA) is 86.2 Å². The molecule has 0 bridgehead atoms. The average Bonchev–Trinajstić information content (AvgIpc) is 3.71. The zero-order valence-electron chi connectivity index (χ0n) is 23.6. The van der Waals surface area contributed by atoms with Crippen LogP contribution in [0, 0.1) is 13.8 Å². The van der Waals surface area contributed by atoms with Crippen molar-refractivity contribution in [3.8, 4) is 42.0 Å². The summed E-state index contributed by atoms with van der Waals surface area (Å²) in [5.74, 6) is 0. The number of hydrogen-bond acceptors (Lipinski definition) is 8. The predicted molar refractivity (Wildman–Crippen MR) is 179 cm³/mol. The number of thiophene rings is 2. The number of nitrogens with zero attached hydrogens (tertiary/aromatic N) is 2. The van der Waals surface area contributed by atoms with Crippen LogP contribution in [0.3, 0.4) is 0 Å². The quantitative estimate of drug-likeness (QED) is 0.146. The minimum atomic E-state index is -0.451. The third kappa shape index (κ3) is 4.38. The molecule has 8 rings (SSSR count). The largest absolute Gasteiger partial charge is 0.422 e. The van der Waals surface area contributed by atoms with Crippen molar-refractivity contribution in [2.24, 2.45) is 0 Å². The molecule has 6 nitrogen and oxygen atoms in total. The molecule has 0 saturated carbocycles. The first kappa shape index (κ1) is 26.4. The van der Waals surface area contributed by atoms with Gasteiger partial charge >= 0.3 is 11.3 Å². The molecule has 0 aliphatic rings. The lowest BCUT2D eigenvalue weighted by molar-refractivity contribution is 0.562. The van der Waals surface area contributed by atoms with Crippen molar-refractivity contribution in [1.29, 1.82) is 0 Å². The molecular weight excluding hydrogens is 589 g/mol. The Morgan fingerprint density at radius 3 is 2.11 bits per heavy atom. The first-order valence-corrected chi connectivity index (χ1v) is 15.6. The number of aryl methyl sites for hydroxylation is 2. The van der Waals surface area contributed by atoms with Crippen molar-refractivity contribution in [1.82, 2.24) is 9.97 Å². The van der Waals surface area contributed by atoms with Crippen molar-refractivity contribution < 1.29 is 8.83 Å². The van der Waals surface area contributed by atoms with Gasteiger partial charge in [-0.1, -0.05) is 42.5 Å². The minimum absolute atomic E-state index is 0.329. The maximum absolute atomic E-state index is 13.0. The number of fused-ring (bicyclic) bond motifs is 4. The molecule has 0 aliphatic carbocycles. The molecular formula is C36H22N2O4S2. The van der Waals surface area contributed by atoms with Gasteiger partial charge in [-0.25, -0.2) is 9.59 Å². The van der Waals surface area contributed by atoms with E-state index in [1.54, 1.807) is 35.1 Å². The van der Waals surface area contributed by atoms with E-state index in [1.165, 1.54) is 0 Å². The van der Waals surface area contributed by atoms with Gasteiger partial charge in [-0.15, -0.1) is 22.7 Å². The monoisotopic (exact) mass is 610 g/mol. The molecule has 8 heteroatoms. The fourth-order valence-electron chi connectivity index (χ4n) is 5.60. The van der Waals surface area contributed by atoms with Gasteiger partial charge in [0.25, 0.3) is 0 Å². The van der Waals surface area contributed by atoms with Gasteiger partial charge in [-0.3, -0.25) is 9.97 Å². The molecule has 0 saturated heterocycles. The Morgan fingerprint density at radius 1 is 0.591 bits per heavy atom. The molecule has 0 radical (unpaired) electrons. The molecule has 3 aromatic carbocycles. The van der Waals surface area contributed by atoms with Crippen LogP contribution < -0.4 is 11.3 Å². The third-order valence-corrected chi connectivity index (χ3v) is 10.3. The lowest BCUT2D eigenvalue weighted by Crippen LogP contribution is -2.05. The number of aromatic nitrogens is 2. The Morgan fingerprint density at radius 2 is 1.30 bits per heavy atom. The SMILES string of the molecule is Cc1ccc2c(C)c(-c3ccc(-c4ccc(-c5cnc(-c6cc7c(ccc8ccccc87)oc6=O)cn5)s4)s3)c(=O)oc2c1. The summed E-state index contributed by atoms with van der Waals surface area (Å²) in [6.07, 6.45) is 3.30. The van der Waals surface area contributed by atoms with E-state index < -0.39 is 5.63 Å². The normalized spacial score (nSPS) is 11.6. The van der Waals surface area contributed by atoms with E-state index in [9.17, 15) is 9.59 Å². The van der Waals surface area contributed by atoms with Crippen LogP contribution in [0.1, 0.15) is 11.1 Å². The van der Waals surface area contributed by atoms with Crippen molar-refractivity contribution in [2.75, 3.05) is 0 Å². The van der Waals surface area contributed by atoms with E-state index >= 15 is 0 Å². The first-order chi connectivity index (χ1) is 21.4. The lowest BCUT2D eigenvalue weighted by Gasteiger charge is -2.06. The van der Waals surface area contributed by atoms with E-state index in [4.69, 9.17) is 8.83 Å². The van der Waals surface area contributed by atoms with Crippen LogP contribution in [0.5, 0.6) is 0 Å². The second-order valence-electron chi connectivity index (χ2n) is 10.6. The van der Waals surface area contributed by atoms with Crippen LogP contribution in [-0.4, -0.2) is 9.97 Å². The smallest absolute Gasteiger partial charge is 0.345 e. The molecule has 5 heterocycles. The van der Waals surface area contributed by atoms with Crippen molar-refractivity contribution in [3.05, 3.63) is 129 Å². The summed E-state index contributed by atoms with van der Waals surface area (Å²) in [4.78, 5) is 39.0. The van der Waals surface area contributed by atoms with Gasteiger partial charge in [0.2, 0.25) is 0 Å². The number of rotatable bonds is 4. The van der Waals surface area contributed by atoms with Crippen LogP contribution in [0.15, 0.2) is 116 Å². The number of benzene rings is 3.